The largest absolute Gasteiger partial charge is 0.384 e. The number of aliphatic hydroxyl groups is 1. The molecule has 17 heavy (non-hydrogen) atoms. The summed E-state index contributed by atoms with van der Waals surface area (Å²) in [6, 6.07) is 5.80. The standard InChI is InChI=1S/C13H11ClFNO/c1-8-2-10(7-16-6-8)13(17)9-3-11(14)5-12(15)4-9/h2-7,13,17H,1H3. The maximum atomic E-state index is 13.2. The van der Waals surface area contributed by atoms with E-state index in [9.17, 15) is 9.50 Å². The summed E-state index contributed by atoms with van der Waals surface area (Å²) in [5.74, 6) is -0.466. The Morgan fingerprint density at radius 1 is 1.18 bits per heavy atom. The second-order valence-electron chi connectivity index (χ2n) is 3.90. The molecule has 0 saturated heterocycles. The molecule has 2 rings (SSSR count). The van der Waals surface area contributed by atoms with Crippen molar-refractivity contribution in [1.29, 1.82) is 0 Å². The molecule has 0 amide bonds. The molecule has 0 spiro atoms. The SMILES string of the molecule is Cc1cncc(C(O)c2cc(F)cc(Cl)c2)c1. The van der Waals surface area contributed by atoms with Gasteiger partial charge in [-0.25, -0.2) is 4.39 Å². The van der Waals surface area contributed by atoms with Crippen molar-refractivity contribution in [3.63, 3.8) is 0 Å². The van der Waals surface area contributed by atoms with Crippen molar-refractivity contribution in [2.75, 3.05) is 0 Å². The number of pyridine rings is 1. The Morgan fingerprint density at radius 3 is 2.59 bits per heavy atom. The normalized spacial score (nSPS) is 12.5. The van der Waals surface area contributed by atoms with Crippen LogP contribution in [0.3, 0.4) is 0 Å². The van der Waals surface area contributed by atoms with Crippen LogP contribution in [0.15, 0.2) is 36.7 Å². The van der Waals surface area contributed by atoms with Crippen LogP contribution in [0.4, 0.5) is 4.39 Å². The molecule has 0 aliphatic heterocycles. The number of hydrogen-bond acceptors (Lipinski definition) is 2. The van der Waals surface area contributed by atoms with Gasteiger partial charge >= 0.3 is 0 Å². The van der Waals surface area contributed by atoms with Crippen LogP contribution in [0.1, 0.15) is 22.8 Å². The summed E-state index contributed by atoms with van der Waals surface area (Å²) in [7, 11) is 0. The molecular formula is C13H11ClFNO. The van der Waals surface area contributed by atoms with E-state index in [1.54, 1.807) is 18.5 Å². The highest BCUT2D eigenvalue weighted by molar-refractivity contribution is 6.30. The number of aromatic nitrogens is 1. The quantitative estimate of drug-likeness (QED) is 0.889. The fourth-order valence-corrected chi connectivity index (χ4v) is 1.88. The van der Waals surface area contributed by atoms with Crippen LogP contribution in [0.5, 0.6) is 0 Å². The maximum absolute atomic E-state index is 13.2. The Balaban J connectivity index is 2.39. The zero-order chi connectivity index (χ0) is 12.4. The number of aryl methyl sites for hydroxylation is 1. The first-order valence-electron chi connectivity index (χ1n) is 5.12. The third-order valence-electron chi connectivity index (χ3n) is 2.41. The molecule has 0 aliphatic carbocycles. The van der Waals surface area contributed by atoms with Crippen LogP contribution in [0, 0.1) is 12.7 Å². The van der Waals surface area contributed by atoms with Gasteiger partial charge in [-0.3, -0.25) is 4.98 Å². The topological polar surface area (TPSA) is 33.1 Å². The lowest BCUT2D eigenvalue weighted by atomic mass is 10.0. The average Bonchev–Trinajstić information content (AvgIpc) is 2.26. The molecule has 88 valence electrons. The molecule has 1 aromatic carbocycles. The molecule has 1 N–H and O–H groups in total. The number of hydrogen-bond donors (Lipinski definition) is 1. The highest BCUT2D eigenvalue weighted by atomic mass is 35.5. The summed E-state index contributed by atoms with van der Waals surface area (Å²) < 4.78 is 13.2. The van der Waals surface area contributed by atoms with Crippen LogP contribution >= 0.6 is 11.6 Å². The molecule has 0 radical (unpaired) electrons. The van der Waals surface area contributed by atoms with E-state index >= 15 is 0 Å². The highest BCUT2D eigenvalue weighted by Gasteiger charge is 2.12. The van der Waals surface area contributed by atoms with Crippen molar-refractivity contribution in [3.8, 4) is 0 Å². The Hall–Kier alpha value is -1.45. The van der Waals surface area contributed by atoms with Gasteiger partial charge in [0.25, 0.3) is 0 Å². The number of benzene rings is 1. The van der Waals surface area contributed by atoms with Gasteiger partial charge in [0.1, 0.15) is 11.9 Å². The lowest BCUT2D eigenvalue weighted by molar-refractivity contribution is 0.219. The van der Waals surface area contributed by atoms with Crippen molar-refractivity contribution in [2.45, 2.75) is 13.0 Å². The van der Waals surface area contributed by atoms with Crippen LogP contribution in [-0.4, -0.2) is 10.1 Å². The monoisotopic (exact) mass is 251 g/mol. The molecule has 2 nitrogen and oxygen atoms in total. The predicted molar refractivity (Wildman–Crippen MR) is 64.4 cm³/mol. The Morgan fingerprint density at radius 2 is 1.94 bits per heavy atom. The summed E-state index contributed by atoms with van der Waals surface area (Å²) in [5, 5.41) is 10.4. The lowest BCUT2D eigenvalue weighted by Crippen LogP contribution is -2.01. The molecule has 0 bridgehead atoms. The molecule has 1 heterocycles. The van der Waals surface area contributed by atoms with Crippen molar-refractivity contribution in [3.05, 3.63) is 64.2 Å². The van der Waals surface area contributed by atoms with Crippen LogP contribution in [-0.2, 0) is 0 Å². The van der Waals surface area contributed by atoms with E-state index in [1.165, 1.54) is 18.2 Å². The van der Waals surface area contributed by atoms with E-state index in [4.69, 9.17) is 11.6 Å². The minimum atomic E-state index is -0.921. The molecule has 1 unspecified atom stereocenters. The van der Waals surface area contributed by atoms with E-state index in [2.05, 4.69) is 4.98 Å². The van der Waals surface area contributed by atoms with E-state index in [0.29, 0.717) is 11.1 Å². The second-order valence-corrected chi connectivity index (χ2v) is 4.34. The molecule has 1 aromatic heterocycles. The van der Waals surface area contributed by atoms with Gasteiger partial charge < -0.3 is 5.11 Å². The molecule has 0 saturated carbocycles. The fraction of sp³-hybridized carbons (Fsp3) is 0.154. The summed E-state index contributed by atoms with van der Waals surface area (Å²) in [6.07, 6.45) is 2.32. The van der Waals surface area contributed by atoms with E-state index in [-0.39, 0.29) is 5.02 Å². The molecule has 2 aromatic rings. The van der Waals surface area contributed by atoms with Gasteiger partial charge in [-0.15, -0.1) is 0 Å². The first kappa shape index (κ1) is 12.0. The van der Waals surface area contributed by atoms with Gasteiger partial charge in [0.05, 0.1) is 0 Å². The lowest BCUT2D eigenvalue weighted by Gasteiger charge is -2.12. The number of nitrogens with zero attached hydrogens (tertiary/aromatic N) is 1. The summed E-state index contributed by atoms with van der Waals surface area (Å²) in [5.41, 5.74) is 1.97. The zero-order valence-electron chi connectivity index (χ0n) is 9.19. The minimum Gasteiger partial charge on any atom is -0.384 e. The van der Waals surface area contributed by atoms with Crippen LogP contribution < -0.4 is 0 Å². The van der Waals surface area contributed by atoms with Gasteiger partial charge in [-0.1, -0.05) is 17.7 Å². The van der Waals surface area contributed by atoms with Crippen LogP contribution in [0.25, 0.3) is 0 Å². The van der Waals surface area contributed by atoms with Crippen molar-refractivity contribution in [1.82, 2.24) is 4.98 Å². The van der Waals surface area contributed by atoms with E-state index in [1.807, 2.05) is 6.92 Å². The average molecular weight is 252 g/mol. The zero-order valence-corrected chi connectivity index (χ0v) is 9.95. The van der Waals surface area contributed by atoms with Crippen LogP contribution in [0.2, 0.25) is 5.02 Å². The molecule has 0 aliphatic rings. The van der Waals surface area contributed by atoms with E-state index in [0.717, 1.165) is 5.56 Å². The third-order valence-corrected chi connectivity index (χ3v) is 2.63. The van der Waals surface area contributed by atoms with Gasteiger partial charge in [0.15, 0.2) is 0 Å². The van der Waals surface area contributed by atoms with E-state index < -0.39 is 11.9 Å². The Kier molecular flexibility index (Phi) is 3.41. The van der Waals surface area contributed by atoms with Gasteiger partial charge in [0.2, 0.25) is 0 Å². The number of halogens is 2. The molecule has 0 fully saturated rings. The minimum absolute atomic E-state index is 0.264. The van der Waals surface area contributed by atoms with Crippen molar-refractivity contribution < 1.29 is 9.50 Å². The van der Waals surface area contributed by atoms with Crippen molar-refractivity contribution >= 4 is 11.6 Å². The summed E-state index contributed by atoms with van der Waals surface area (Å²) in [6.45, 7) is 1.88. The Labute approximate surface area is 104 Å². The smallest absolute Gasteiger partial charge is 0.125 e. The van der Waals surface area contributed by atoms with Gasteiger partial charge in [0, 0.05) is 23.0 Å². The highest BCUT2D eigenvalue weighted by Crippen LogP contribution is 2.25. The first-order chi connectivity index (χ1) is 8.06. The molecule has 1 atom stereocenters. The first-order valence-corrected chi connectivity index (χ1v) is 5.49. The number of aliphatic hydroxyl groups excluding tert-OH is 1. The fourth-order valence-electron chi connectivity index (χ4n) is 1.65. The van der Waals surface area contributed by atoms with Gasteiger partial charge in [-0.05, 0) is 36.2 Å². The summed E-state index contributed by atoms with van der Waals surface area (Å²) >= 11 is 5.75. The van der Waals surface area contributed by atoms with Gasteiger partial charge in [-0.2, -0.15) is 0 Å². The predicted octanol–water partition coefficient (Wildman–Crippen LogP) is 3.26. The second kappa shape index (κ2) is 4.82. The number of rotatable bonds is 2. The maximum Gasteiger partial charge on any atom is 0.125 e. The molecule has 4 heteroatoms. The van der Waals surface area contributed by atoms with Crippen molar-refractivity contribution in [2.24, 2.45) is 0 Å². The molecular weight excluding hydrogens is 241 g/mol. The summed E-state index contributed by atoms with van der Waals surface area (Å²) in [4.78, 5) is 3.99. The Bertz CT molecular complexity index is 524. The third kappa shape index (κ3) is 2.81.